The third-order valence-electron chi connectivity index (χ3n) is 1.59. The highest BCUT2D eigenvalue weighted by Gasteiger charge is 2.31. The Balaban J connectivity index is 2.67. The fraction of sp³-hybridized carbons (Fsp3) is 0.222. The first-order chi connectivity index (χ1) is 7.28. The van der Waals surface area contributed by atoms with E-state index in [2.05, 4.69) is 0 Å². The summed E-state index contributed by atoms with van der Waals surface area (Å²) >= 11 is 5.48. The first-order valence-corrected chi connectivity index (χ1v) is 4.51. The molecular formula is C9H7ClF3NO2. The quantitative estimate of drug-likeness (QED) is 0.851. The van der Waals surface area contributed by atoms with Crippen molar-refractivity contribution in [2.75, 3.05) is 5.32 Å². The van der Waals surface area contributed by atoms with Crippen molar-refractivity contribution in [3.63, 3.8) is 0 Å². The number of halogens is 4. The van der Waals surface area contributed by atoms with E-state index in [1.165, 1.54) is 12.1 Å². The van der Waals surface area contributed by atoms with Crippen molar-refractivity contribution in [2.24, 2.45) is 0 Å². The van der Waals surface area contributed by atoms with Crippen molar-refractivity contribution in [3.8, 4) is 5.75 Å². The van der Waals surface area contributed by atoms with Gasteiger partial charge in [-0.05, 0) is 12.1 Å². The molecule has 3 nitrogen and oxygen atoms in total. The Labute approximate surface area is 93.8 Å². The highest BCUT2D eigenvalue weighted by atomic mass is 35.5. The number of anilines is 1. The van der Waals surface area contributed by atoms with Crippen LogP contribution < -0.4 is 5.32 Å². The molecule has 0 unspecified atom stereocenters. The summed E-state index contributed by atoms with van der Waals surface area (Å²) in [5.74, 6) is -1.51. The molecule has 0 heterocycles. The van der Waals surface area contributed by atoms with Gasteiger partial charge in [-0.15, -0.1) is 0 Å². The number of benzene rings is 1. The van der Waals surface area contributed by atoms with Gasteiger partial charge in [0.1, 0.15) is 12.2 Å². The average molecular weight is 254 g/mol. The maximum absolute atomic E-state index is 11.8. The van der Waals surface area contributed by atoms with Gasteiger partial charge in [-0.1, -0.05) is 11.6 Å². The summed E-state index contributed by atoms with van der Waals surface area (Å²) in [5, 5.41) is 11.2. The van der Waals surface area contributed by atoms with Crippen molar-refractivity contribution in [3.05, 3.63) is 23.2 Å². The summed E-state index contributed by atoms with van der Waals surface area (Å²) in [6.45, 7) is 0. The summed E-state index contributed by atoms with van der Waals surface area (Å²) in [6, 6.07) is 3.62. The van der Waals surface area contributed by atoms with E-state index in [0.29, 0.717) is 0 Å². The molecule has 0 bridgehead atoms. The van der Waals surface area contributed by atoms with Crippen LogP contribution in [0.25, 0.3) is 0 Å². The number of carbonyl (C=O) groups excluding carboxylic acids is 1. The fourth-order valence-electron chi connectivity index (χ4n) is 0.978. The molecule has 1 aromatic carbocycles. The number of hydrogen-bond donors (Lipinski definition) is 2. The zero-order chi connectivity index (χ0) is 12.3. The van der Waals surface area contributed by atoms with Crippen LogP contribution in [0.5, 0.6) is 5.75 Å². The molecule has 1 amide bonds. The number of phenols is 1. The van der Waals surface area contributed by atoms with Gasteiger partial charge in [0.15, 0.2) is 0 Å². The molecule has 7 heteroatoms. The summed E-state index contributed by atoms with van der Waals surface area (Å²) in [6.07, 6.45) is -6.13. The molecular weight excluding hydrogens is 247 g/mol. The lowest BCUT2D eigenvalue weighted by molar-refractivity contribution is -0.150. The Morgan fingerprint density at radius 1 is 1.44 bits per heavy atom. The van der Waals surface area contributed by atoms with Crippen molar-refractivity contribution >= 4 is 23.2 Å². The minimum Gasteiger partial charge on any atom is -0.506 e. The van der Waals surface area contributed by atoms with E-state index >= 15 is 0 Å². The Hall–Kier alpha value is -1.43. The molecule has 0 fully saturated rings. The third kappa shape index (κ3) is 3.98. The van der Waals surface area contributed by atoms with Crippen LogP contribution in [0, 0.1) is 0 Å². The number of phenolic OH excluding ortho intramolecular Hbond substituents is 1. The lowest BCUT2D eigenvalue weighted by atomic mass is 10.3. The Morgan fingerprint density at radius 3 is 2.56 bits per heavy atom. The van der Waals surface area contributed by atoms with E-state index < -0.39 is 18.5 Å². The predicted octanol–water partition coefficient (Wildman–Crippen LogP) is 2.94. The Bertz CT molecular complexity index is 406. The first kappa shape index (κ1) is 12.6. The van der Waals surface area contributed by atoms with Crippen LogP contribution in [0.4, 0.5) is 18.9 Å². The molecule has 0 aliphatic rings. The smallest absolute Gasteiger partial charge is 0.397 e. The predicted molar refractivity (Wildman–Crippen MR) is 52.4 cm³/mol. The molecule has 16 heavy (non-hydrogen) atoms. The molecule has 0 saturated heterocycles. The summed E-state index contributed by atoms with van der Waals surface area (Å²) in [4.78, 5) is 10.9. The molecule has 0 spiro atoms. The number of alkyl halides is 3. The van der Waals surface area contributed by atoms with Crippen LogP contribution in [-0.4, -0.2) is 17.2 Å². The van der Waals surface area contributed by atoms with Crippen molar-refractivity contribution in [1.29, 1.82) is 0 Å². The average Bonchev–Trinajstić information content (AvgIpc) is 2.08. The van der Waals surface area contributed by atoms with E-state index in [1.807, 2.05) is 5.32 Å². The van der Waals surface area contributed by atoms with Gasteiger partial charge in [0, 0.05) is 11.8 Å². The standard InChI is InChI=1S/C9H7ClF3NO2/c10-6-2-1-5(3-7(6)15)14-8(16)4-9(11,12)13/h1-3,15H,4H2,(H,14,16). The Kier molecular flexibility index (Phi) is 3.64. The molecule has 88 valence electrons. The highest BCUT2D eigenvalue weighted by Crippen LogP contribution is 2.27. The lowest BCUT2D eigenvalue weighted by Crippen LogP contribution is -2.21. The van der Waals surface area contributed by atoms with Crippen molar-refractivity contribution < 1.29 is 23.1 Å². The van der Waals surface area contributed by atoms with Crippen LogP contribution >= 0.6 is 11.6 Å². The largest absolute Gasteiger partial charge is 0.506 e. The zero-order valence-corrected chi connectivity index (χ0v) is 8.56. The highest BCUT2D eigenvalue weighted by molar-refractivity contribution is 6.32. The van der Waals surface area contributed by atoms with Crippen LogP contribution in [0.2, 0.25) is 5.02 Å². The third-order valence-corrected chi connectivity index (χ3v) is 1.91. The first-order valence-electron chi connectivity index (χ1n) is 4.13. The molecule has 1 rings (SSSR count). The number of hydrogen-bond acceptors (Lipinski definition) is 2. The van der Waals surface area contributed by atoms with Gasteiger partial charge in [0.2, 0.25) is 5.91 Å². The molecule has 0 aliphatic heterocycles. The van der Waals surface area contributed by atoms with Gasteiger partial charge in [-0.25, -0.2) is 0 Å². The van der Waals surface area contributed by atoms with Crippen molar-refractivity contribution in [2.45, 2.75) is 12.6 Å². The lowest BCUT2D eigenvalue weighted by Gasteiger charge is -2.08. The minimum absolute atomic E-state index is 0.0498. The molecule has 0 aromatic heterocycles. The van der Waals surface area contributed by atoms with Crippen LogP contribution in [0.3, 0.4) is 0 Å². The molecule has 0 atom stereocenters. The van der Waals surface area contributed by atoms with Gasteiger partial charge >= 0.3 is 6.18 Å². The number of nitrogens with one attached hydrogen (secondary N) is 1. The van der Waals surface area contributed by atoms with Crippen molar-refractivity contribution in [1.82, 2.24) is 0 Å². The van der Waals surface area contributed by atoms with Gasteiger partial charge < -0.3 is 10.4 Å². The van der Waals surface area contributed by atoms with E-state index in [4.69, 9.17) is 16.7 Å². The van der Waals surface area contributed by atoms with E-state index in [0.717, 1.165) is 6.07 Å². The number of carbonyl (C=O) groups is 1. The summed E-state index contributed by atoms with van der Waals surface area (Å²) in [7, 11) is 0. The zero-order valence-electron chi connectivity index (χ0n) is 7.81. The second kappa shape index (κ2) is 4.61. The number of rotatable bonds is 2. The van der Waals surface area contributed by atoms with Gasteiger partial charge in [-0.3, -0.25) is 4.79 Å². The molecule has 2 N–H and O–H groups in total. The topological polar surface area (TPSA) is 49.3 Å². The minimum atomic E-state index is -4.56. The monoisotopic (exact) mass is 253 g/mol. The molecule has 0 saturated carbocycles. The number of amides is 1. The van der Waals surface area contributed by atoms with E-state index in [9.17, 15) is 18.0 Å². The van der Waals surface area contributed by atoms with Gasteiger partial charge in [0.05, 0.1) is 5.02 Å². The molecule has 1 aromatic rings. The Morgan fingerprint density at radius 2 is 2.06 bits per heavy atom. The van der Waals surface area contributed by atoms with Crippen LogP contribution in [0.1, 0.15) is 6.42 Å². The second-order valence-corrected chi connectivity index (χ2v) is 3.41. The van der Waals surface area contributed by atoms with E-state index in [-0.39, 0.29) is 16.5 Å². The van der Waals surface area contributed by atoms with Crippen LogP contribution in [-0.2, 0) is 4.79 Å². The van der Waals surface area contributed by atoms with Gasteiger partial charge in [-0.2, -0.15) is 13.2 Å². The second-order valence-electron chi connectivity index (χ2n) is 3.01. The number of aromatic hydroxyl groups is 1. The van der Waals surface area contributed by atoms with Gasteiger partial charge in [0.25, 0.3) is 0 Å². The maximum Gasteiger partial charge on any atom is 0.397 e. The fourth-order valence-corrected chi connectivity index (χ4v) is 1.10. The maximum atomic E-state index is 11.8. The SMILES string of the molecule is O=C(CC(F)(F)F)Nc1ccc(Cl)c(O)c1. The normalized spacial score (nSPS) is 11.2. The van der Waals surface area contributed by atoms with E-state index in [1.54, 1.807) is 0 Å². The molecule has 0 aliphatic carbocycles. The molecule has 0 radical (unpaired) electrons. The summed E-state index contributed by atoms with van der Waals surface area (Å²) in [5.41, 5.74) is 0.0520. The van der Waals surface area contributed by atoms with Crippen LogP contribution in [0.15, 0.2) is 18.2 Å². The summed E-state index contributed by atoms with van der Waals surface area (Å²) < 4.78 is 35.5.